The van der Waals surface area contributed by atoms with E-state index in [1.165, 1.54) is 6.20 Å². The molecule has 0 unspecified atom stereocenters. The van der Waals surface area contributed by atoms with Gasteiger partial charge in [0, 0.05) is 24.9 Å². The summed E-state index contributed by atoms with van der Waals surface area (Å²) < 4.78 is 7.06. The van der Waals surface area contributed by atoms with E-state index in [-0.39, 0.29) is 5.84 Å². The van der Waals surface area contributed by atoms with E-state index >= 15 is 0 Å². The van der Waals surface area contributed by atoms with Crippen LogP contribution in [0.15, 0.2) is 35.9 Å². The van der Waals surface area contributed by atoms with Crippen LogP contribution in [0.3, 0.4) is 0 Å². The lowest BCUT2D eigenvalue weighted by Crippen LogP contribution is -2.13. The fourth-order valence-corrected chi connectivity index (χ4v) is 1.22. The fraction of sp³-hybridized carbons (Fsp3) is 0.100. The van der Waals surface area contributed by atoms with Crippen LogP contribution >= 0.6 is 0 Å². The van der Waals surface area contributed by atoms with Crippen LogP contribution in [0.25, 0.3) is 0 Å². The lowest BCUT2D eigenvalue weighted by molar-refractivity contribution is 0.318. The van der Waals surface area contributed by atoms with Crippen molar-refractivity contribution >= 4 is 5.84 Å². The Balaban J connectivity index is 2.13. The molecule has 0 radical (unpaired) electrons. The molecule has 2 aromatic heterocycles. The van der Waals surface area contributed by atoms with Crippen molar-refractivity contribution in [2.45, 2.75) is 0 Å². The Morgan fingerprint density at radius 3 is 2.82 bits per heavy atom. The van der Waals surface area contributed by atoms with Crippen LogP contribution in [0.1, 0.15) is 5.56 Å². The summed E-state index contributed by atoms with van der Waals surface area (Å²) in [6, 6.07) is 3.27. The van der Waals surface area contributed by atoms with Crippen LogP contribution in [0.2, 0.25) is 0 Å². The molecule has 0 aliphatic heterocycles. The van der Waals surface area contributed by atoms with E-state index < -0.39 is 0 Å². The highest BCUT2D eigenvalue weighted by Gasteiger charge is 2.03. The SMILES string of the molecule is Cn1cc(Oc2ccc(/C(N)=N/O)cn2)cn1. The molecule has 88 valence electrons. The summed E-state index contributed by atoms with van der Waals surface area (Å²) in [5, 5.41) is 15.3. The van der Waals surface area contributed by atoms with Crippen LogP contribution in [0.4, 0.5) is 0 Å². The highest BCUT2D eigenvalue weighted by atomic mass is 16.5. The van der Waals surface area contributed by atoms with Crippen molar-refractivity contribution in [2.24, 2.45) is 17.9 Å². The zero-order chi connectivity index (χ0) is 12.3. The Labute approximate surface area is 97.1 Å². The predicted molar refractivity (Wildman–Crippen MR) is 60.0 cm³/mol. The van der Waals surface area contributed by atoms with Crippen LogP contribution in [-0.4, -0.2) is 25.8 Å². The third-order valence-corrected chi connectivity index (χ3v) is 2.04. The number of pyridine rings is 1. The minimum atomic E-state index is 0.00503. The van der Waals surface area contributed by atoms with Crippen LogP contribution in [0.5, 0.6) is 11.6 Å². The van der Waals surface area contributed by atoms with E-state index in [2.05, 4.69) is 15.2 Å². The van der Waals surface area contributed by atoms with Gasteiger partial charge < -0.3 is 15.7 Å². The van der Waals surface area contributed by atoms with Gasteiger partial charge in [0.15, 0.2) is 11.6 Å². The molecule has 0 spiro atoms. The Morgan fingerprint density at radius 2 is 2.29 bits per heavy atom. The van der Waals surface area contributed by atoms with E-state index in [9.17, 15) is 0 Å². The molecule has 0 aliphatic carbocycles. The number of aromatic nitrogens is 3. The maximum absolute atomic E-state index is 8.49. The monoisotopic (exact) mass is 233 g/mol. The Kier molecular flexibility index (Phi) is 2.91. The zero-order valence-electron chi connectivity index (χ0n) is 9.11. The summed E-state index contributed by atoms with van der Waals surface area (Å²) in [4.78, 5) is 4.02. The second kappa shape index (κ2) is 4.52. The molecule has 3 N–H and O–H groups in total. The lowest BCUT2D eigenvalue weighted by atomic mass is 10.3. The molecular weight excluding hydrogens is 222 g/mol. The minimum Gasteiger partial charge on any atom is -0.436 e. The molecule has 0 bridgehead atoms. The van der Waals surface area contributed by atoms with Gasteiger partial charge in [-0.1, -0.05) is 5.16 Å². The number of hydrogen-bond donors (Lipinski definition) is 2. The van der Waals surface area contributed by atoms with Crippen LogP contribution in [0, 0.1) is 0 Å². The van der Waals surface area contributed by atoms with Gasteiger partial charge in [0.1, 0.15) is 0 Å². The minimum absolute atomic E-state index is 0.00503. The lowest BCUT2D eigenvalue weighted by Gasteiger charge is -2.02. The Bertz CT molecular complexity index is 532. The molecule has 7 heteroatoms. The molecule has 0 atom stereocenters. The highest BCUT2D eigenvalue weighted by Crippen LogP contribution is 2.17. The number of oxime groups is 1. The summed E-state index contributed by atoms with van der Waals surface area (Å²) in [6.07, 6.45) is 4.76. The van der Waals surface area contributed by atoms with Crippen LogP contribution < -0.4 is 10.5 Å². The molecule has 17 heavy (non-hydrogen) atoms. The summed E-state index contributed by atoms with van der Waals surface area (Å²) >= 11 is 0. The summed E-state index contributed by atoms with van der Waals surface area (Å²) in [7, 11) is 1.79. The topological polar surface area (TPSA) is 98.5 Å². The second-order valence-corrected chi connectivity index (χ2v) is 3.32. The van der Waals surface area contributed by atoms with Gasteiger partial charge >= 0.3 is 0 Å². The third kappa shape index (κ3) is 2.51. The normalized spacial score (nSPS) is 11.5. The van der Waals surface area contributed by atoms with Crippen molar-refractivity contribution in [1.29, 1.82) is 0 Å². The molecule has 0 saturated heterocycles. The first-order chi connectivity index (χ1) is 8.19. The number of rotatable bonds is 3. The molecule has 0 fully saturated rings. The molecule has 7 nitrogen and oxygen atoms in total. The first-order valence-electron chi connectivity index (χ1n) is 4.79. The quantitative estimate of drug-likeness (QED) is 0.352. The van der Waals surface area contributed by atoms with Crippen LogP contribution in [-0.2, 0) is 7.05 Å². The van der Waals surface area contributed by atoms with Gasteiger partial charge in [-0.25, -0.2) is 4.98 Å². The first kappa shape index (κ1) is 10.9. The van der Waals surface area contributed by atoms with Gasteiger partial charge in [-0.15, -0.1) is 0 Å². The fourth-order valence-electron chi connectivity index (χ4n) is 1.22. The molecule has 0 amide bonds. The number of ether oxygens (including phenoxy) is 1. The standard InChI is InChI=1S/C10H11N5O2/c1-15-6-8(5-13-15)17-9-3-2-7(4-12-9)10(11)14-16/h2-6,16H,1H3,(H2,11,14). The van der Waals surface area contributed by atoms with Crippen molar-refractivity contribution in [3.63, 3.8) is 0 Å². The van der Waals surface area contributed by atoms with Crippen molar-refractivity contribution < 1.29 is 9.94 Å². The van der Waals surface area contributed by atoms with Crippen molar-refractivity contribution in [3.8, 4) is 11.6 Å². The van der Waals surface area contributed by atoms with Gasteiger partial charge in [0.25, 0.3) is 0 Å². The van der Waals surface area contributed by atoms with E-state index in [0.717, 1.165) is 0 Å². The Morgan fingerprint density at radius 1 is 1.47 bits per heavy atom. The average Bonchev–Trinajstić information content (AvgIpc) is 2.75. The molecule has 2 rings (SSSR count). The summed E-state index contributed by atoms with van der Waals surface area (Å²) in [5.41, 5.74) is 5.93. The maximum Gasteiger partial charge on any atom is 0.219 e. The molecule has 0 aliphatic rings. The molecule has 2 aromatic rings. The zero-order valence-corrected chi connectivity index (χ0v) is 9.11. The first-order valence-corrected chi connectivity index (χ1v) is 4.79. The number of aryl methyl sites for hydroxylation is 1. The smallest absolute Gasteiger partial charge is 0.219 e. The van der Waals surface area contributed by atoms with Crippen molar-refractivity contribution in [3.05, 3.63) is 36.3 Å². The third-order valence-electron chi connectivity index (χ3n) is 2.04. The number of nitrogens with zero attached hydrogens (tertiary/aromatic N) is 4. The van der Waals surface area contributed by atoms with E-state index in [1.54, 1.807) is 36.3 Å². The second-order valence-electron chi connectivity index (χ2n) is 3.32. The molecule has 0 saturated carbocycles. The van der Waals surface area contributed by atoms with Gasteiger partial charge in [-0.05, 0) is 6.07 Å². The molecule has 2 heterocycles. The van der Waals surface area contributed by atoms with E-state index in [0.29, 0.717) is 17.2 Å². The molecule has 0 aromatic carbocycles. The van der Waals surface area contributed by atoms with Crippen molar-refractivity contribution in [2.75, 3.05) is 0 Å². The number of hydrogen-bond acceptors (Lipinski definition) is 5. The predicted octanol–water partition coefficient (Wildman–Crippen LogP) is 0.702. The summed E-state index contributed by atoms with van der Waals surface area (Å²) in [5.74, 6) is 1.01. The Hall–Kier alpha value is -2.57. The average molecular weight is 233 g/mol. The van der Waals surface area contributed by atoms with Gasteiger partial charge in [-0.3, -0.25) is 4.68 Å². The van der Waals surface area contributed by atoms with E-state index in [1.807, 2.05) is 0 Å². The number of amidine groups is 1. The largest absolute Gasteiger partial charge is 0.436 e. The number of nitrogens with two attached hydrogens (primary N) is 1. The van der Waals surface area contributed by atoms with E-state index in [4.69, 9.17) is 15.7 Å². The maximum atomic E-state index is 8.49. The van der Waals surface area contributed by atoms with Gasteiger partial charge in [0.05, 0.1) is 12.4 Å². The highest BCUT2D eigenvalue weighted by molar-refractivity contribution is 5.96. The summed E-state index contributed by atoms with van der Waals surface area (Å²) in [6.45, 7) is 0. The van der Waals surface area contributed by atoms with Gasteiger partial charge in [0.2, 0.25) is 5.88 Å². The van der Waals surface area contributed by atoms with Gasteiger partial charge in [-0.2, -0.15) is 5.10 Å². The van der Waals surface area contributed by atoms with Crippen molar-refractivity contribution in [1.82, 2.24) is 14.8 Å². The molecular formula is C10H11N5O2.